The zero-order valence-electron chi connectivity index (χ0n) is 21.1. The minimum atomic E-state index is 0.0644. The molecule has 0 rings (SSSR count). The average Bonchev–Trinajstić information content (AvgIpc) is 2.78. The first-order chi connectivity index (χ1) is 15.3. The van der Waals surface area contributed by atoms with Crippen molar-refractivity contribution < 1.29 is 14.6 Å². The lowest BCUT2D eigenvalue weighted by Crippen LogP contribution is -2.19. The second kappa shape index (κ2) is 25.6. The fourth-order valence-corrected chi connectivity index (χ4v) is 4.03. The average molecular weight is 442 g/mol. The van der Waals surface area contributed by atoms with Gasteiger partial charge in [-0.1, -0.05) is 97.3 Å². The lowest BCUT2D eigenvalue weighted by atomic mass is 9.94. The van der Waals surface area contributed by atoms with Gasteiger partial charge in [0.25, 0.3) is 0 Å². The van der Waals surface area contributed by atoms with Gasteiger partial charge in [0.1, 0.15) is 0 Å². The second-order valence-corrected chi connectivity index (χ2v) is 9.22. The van der Waals surface area contributed by atoms with E-state index in [4.69, 9.17) is 9.84 Å². The van der Waals surface area contributed by atoms with Crippen LogP contribution in [0.5, 0.6) is 0 Å². The van der Waals surface area contributed by atoms with Crippen molar-refractivity contribution in [3.05, 3.63) is 0 Å². The van der Waals surface area contributed by atoms with Crippen LogP contribution in [0.15, 0.2) is 0 Å². The van der Waals surface area contributed by atoms with E-state index in [1.54, 1.807) is 0 Å². The summed E-state index contributed by atoms with van der Waals surface area (Å²) in [6.45, 7) is 7.42. The second-order valence-electron chi connectivity index (χ2n) is 9.22. The maximum atomic E-state index is 12.6. The molecule has 186 valence electrons. The number of aliphatic hydroxyl groups is 1. The van der Waals surface area contributed by atoms with Gasteiger partial charge < -0.3 is 15.2 Å². The number of esters is 1. The van der Waals surface area contributed by atoms with Gasteiger partial charge >= 0.3 is 5.97 Å². The van der Waals surface area contributed by atoms with E-state index < -0.39 is 0 Å². The monoisotopic (exact) mass is 441 g/mol. The molecule has 0 aliphatic heterocycles. The predicted molar refractivity (Wildman–Crippen MR) is 133 cm³/mol. The van der Waals surface area contributed by atoms with Crippen molar-refractivity contribution in [1.29, 1.82) is 0 Å². The molecule has 2 N–H and O–H groups in total. The molecule has 0 spiro atoms. The molecule has 0 bridgehead atoms. The molecule has 0 heterocycles. The smallest absolute Gasteiger partial charge is 0.308 e. The van der Waals surface area contributed by atoms with Gasteiger partial charge in [-0.2, -0.15) is 0 Å². The van der Waals surface area contributed by atoms with Gasteiger partial charge in [0.2, 0.25) is 0 Å². The summed E-state index contributed by atoms with van der Waals surface area (Å²) in [7, 11) is 0. The van der Waals surface area contributed by atoms with E-state index in [1.165, 1.54) is 83.5 Å². The van der Waals surface area contributed by atoms with E-state index in [9.17, 15) is 4.79 Å². The van der Waals surface area contributed by atoms with Crippen LogP contribution in [0.1, 0.15) is 136 Å². The highest BCUT2D eigenvalue weighted by Crippen LogP contribution is 2.21. The number of carbonyl (C=O) groups excluding carboxylic acids is 1. The van der Waals surface area contributed by atoms with E-state index in [0.29, 0.717) is 13.2 Å². The molecule has 0 saturated carbocycles. The number of rotatable bonds is 25. The highest BCUT2D eigenvalue weighted by molar-refractivity contribution is 5.72. The van der Waals surface area contributed by atoms with Crippen LogP contribution in [0.2, 0.25) is 0 Å². The van der Waals surface area contributed by atoms with Crippen molar-refractivity contribution in [3.63, 3.8) is 0 Å². The fraction of sp³-hybridized carbons (Fsp3) is 0.963. The third-order valence-corrected chi connectivity index (χ3v) is 6.15. The molecule has 4 nitrogen and oxygen atoms in total. The Morgan fingerprint density at radius 3 is 1.74 bits per heavy atom. The molecular weight excluding hydrogens is 386 g/mol. The number of nitrogens with one attached hydrogen (secondary N) is 1. The maximum Gasteiger partial charge on any atom is 0.308 e. The Labute approximate surface area is 194 Å². The van der Waals surface area contributed by atoms with Gasteiger partial charge in [-0.05, 0) is 51.6 Å². The number of carbonyl (C=O) groups is 1. The van der Waals surface area contributed by atoms with Crippen LogP contribution in [-0.2, 0) is 9.53 Å². The van der Waals surface area contributed by atoms with Gasteiger partial charge in [-0.3, -0.25) is 4.79 Å². The Balaban J connectivity index is 3.89. The summed E-state index contributed by atoms with van der Waals surface area (Å²) in [6.07, 6.45) is 22.4. The molecule has 4 heteroatoms. The Kier molecular flexibility index (Phi) is 25.1. The molecule has 0 aromatic rings. The number of ether oxygens (including phenoxy) is 1. The number of hydrogen-bond acceptors (Lipinski definition) is 4. The Morgan fingerprint density at radius 2 is 1.16 bits per heavy atom. The Bertz CT molecular complexity index is 362. The molecule has 0 saturated heterocycles. The van der Waals surface area contributed by atoms with Crippen LogP contribution in [0, 0.1) is 5.92 Å². The molecular formula is C27H55NO3. The van der Waals surface area contributed by atoms with Crippen molar-refractivity contribution in [2.45, 2.75) is 136 Å². The molecule has 0 aliphatic rings. The van der Waals surface area contributed by atoms with Crippen LogP contribution in [-0.4, -0.2) is 37.4 Å². The van der Waals surface area contributed by atoms with Crippen molar-refractivity contribution >= 4 is 5.97 Å². The number of unbranched alkanes of at least 4 members (excludes halogenated alkanes) is 13. The maximum absolute atomic E-state index is 12.6. The van der Waals surface area contributed by atoms with Crippen molar-refractivity contribution in [2.24, 2.45) is 5.92 Å². The molecule has 1 unspecified atom stereocenters. The number of hydrogen-bond donors (Lipinski definition) is 2. The van der Waals surface area contributed by atoms with Crippen molar-refractivity contribution in [3.8, 4) is 0 Å². The van der Waals surface area contributed by atoms with E-state index in [-0.39, 0.29) is 11.9 Å². The van der Waals surface area contributed by atoms with Crippen LogP contribution < -0.4 is 5.32 Å². The highest BCUT2D eigenvalue weighted by atomic mass is 16.5. The van der Waals surface area contributed by atoms with Crippen molar-refractivity contribution in [1.82, 2.24) is 5.32 Å². The summed E-state index contributed by atoms with van der Waals surface area (Å²) in [5.74, 6) is 0.186. The molecule has 31 heavy (non-hydrogen) atoms. The summed E-state index contributed by atoms with van der Waals surface area (Å²) >= 11 is 0. The minimum absolute atomic E-state index is 0.0644. The first-order valence-electron chi connectivity index (χ1n) is 13.7. The van der Waals surface area contributed by atoms with E-state index in [2.05, 4.69) is 19.2 Å². The lowest BCUT2D eigenvalue weighted by molar-refractivity contribution is -0.149. The summed E-state index contributed by atoms with van der Waals surface area (Å²) in [5.41, 5.74) is 0. The van der Waals surface area contributed by atoms with Crippen LogP contribution >= 0.6 is 0 Å². The van der Waals surface area contributed by atoms with Crippen LogP contribution in [0.4, 0.5) is 0 Å². The lowest BCUT2D eigenvalue weighted by Gasteiger charge is -2.16. The number of aliphatic hydroxyl groups excluding tert-OH is 1. The Hall–Kier alpha value is -0.610. The fourth-order valence-electron chi connectivity index (χ4n) is 4.03. The summed E-state index contributed by atoms with van der Waals surface area (Å²) in [4.78, 5) is 12.6. The molecule has 0 aromatic heterocycles. The van der Waals surface area contributed by atoms with Crippen LogP contribution in [0.25, 0.3) is 0 Å². The van der Waals surface area contributed by atoms with Gasteiger partial charge in [0.15, 0.2) is 0 Å². The normalized spacial score (nSPS) is 12.2. The van der Waals surface area contributed by atoms with Crippen molar-refractivity contribution in [2.75, 3.05) is 26.3 Å². The van der Waals surface area contributed by atoms with Gasteiger partial charge in [-0.15, -0.1) is 0 Å². The van der Waals surface area contributed by atoms with Gasteiger partial charge in [-0.25, -0.2) is 0 Å². The molecule has 0 aromatic carbocycles. The zero-order valence-corrected chi connectivity index (χ0v) is 21.1. The standard InChI is InChI=1S/C27H55NO3/c1-3-5-7-9-11-15-21-26(20-14-10-8-6-4-2)27(30)31-25-19-13-12-16-22-28-23-17-18-24-29/h26,28-29H,3-25H2,1-2H3. The first-order valence-corrected chi connectivity index (χ1v) is 13.7. The SMILES string of the molecule is CCCCCCCCC(CCCCCCC)C(=O)OCCCCCCNCCCCO. The summed E-state index contributed by atoms with van der Waals surface area (Å²) in [6, 6.07) is 0. The van der Waals surface area contributed by atoms with Gasteiger partial charge in [0.05, 0.1) is 12.5 Å². The third kappa shape index (κ3) is 22.4. The molecule has 0 radical (unpaired) electrons. The zero-order chi connectivity index (χ0) is 22.8. The van der Waals surface area contributed by atoms with Gasteiger partial charge in [0, 0.05) is 6.61 Å². The quantitative estimate of drug-likeness (QED) is 0.116. The van der Waals surface area contributed by atoms with Crippen LogP contribution in [0.3, 0.4) is 0 Å². The predicted octanol–water partition coefficient (Wildman–Crippen LogP) is 7.18. The topological polar surface area (TPSA) is 58.6 Å². The largest absolute Gasteiger partial charge is 0.465 e. The highest BCUT2D eigenvalue weighted by Gasteiger charge is 2.19. The van der Waals surface area contributed by atoms with E-state index >= 15 is 0 Å². The van der Waals surface area contributed by atoms with E-state index in [1.807, 2.05) is 0 Å². The molecule has 0 fully saturated rings. The first kappa shape index (κ1) is 30.4. The molecule has 0 amide bonds. The minimum Gasteiger partial charge on any atom is -0.465 e. The van der Waals surface area contributed by atoms with E-state index in [0.717, 1.165) is 51.6 Å². The Morgan fingerprint density at radius 1 is 0.677 bits per heavy atom. The molecule has 0 aliphatic carbocycles. The summed E-state index contributed by atoms with van der Waals surface area (Å²) < 4.78 is 5.67. The molecule has 1 atom stereocenters. The third-order valence-electron chi connectivity index (χ3n) is 6.15. The summed E-state index contributed by atoms with van der Waals surface area (Å²) in [5, 5.41) is 12.2.